The van der Waals surface area contributed by atoms with Gasteiger partial charge in [0.05, 0.1) is 14.4 Å². The normalized spacial score (nSPS) is 18.9. The summed E-state index contributed by atoms with van der Waals surface area (Å²) < 4.78 is 29.8. The van der Waals surface area contributed by atoms with E-state index >= 15 is 0 Å². The van der Waals surface area contributed by atoms with Crippen molar-refractivity contribution >= 4 is 15.6 Å². The van der Waals surface area contributed by atoms with E-state index in [4.69, 9.17) is 0 Å². The summed E-state index contributed by atoms with van der Waals surface area (Å²) in [6, 6.07) is 0. The van der Waals surface area contributed by atoms with Gasteiger partial charge in [0, 0.05) is 0 Å². The fourth-order valence-corrected chi connectivity index (χ4v) is 4.75. The minimum Gasteiger partial charge on any atom is -0.790 e. The highest BCUT2D eigenvalue weighted by Gasteiger charge is 2.19. The van der Waals surface area contributed by atoms with Crippen LogP contribution in [0.15, 0.2) is 34.9 Å². The molecule has 7 nitrogen and oxygen atoms in total. The molecule has 0 heterocycles. The minimum atomic E-state index is -5.65. The third kappa shape index (κ3) is 12.1. The van der Waals surface area contributed by atoms with Crippen LogP contribution in [0.3, 0.4) is 0 Å². The Labute approximate surface area is 168 Å². The van der Waals surface area contributed by atoms with Gasteiger partial charge in [0.1, 0.15) is 0 Å². The standard InChI is InChI=1S/C19H34O7P2/c1-16(2)8-6-9-17(3)10-7-13-19(18-11-4-5-12-18)14-15-25-28(23,24)26-27(20,21)22/h8,10,14,18H,4-7,9,11-13,15H2,1-3H3,(H,23,24)(H2,20,21,22)/p-3/b17-10+,19-14-. The molecule has 1 aliphatic carbocycles. The predicted octanol–water partition coefficient (Wildman–Crippen LogP) is 3.91. The summed E-state index contributed by atoms with van der Waals surface area (Å²) in [5.41, 5.74) is 3.74. The van der Waals surface area contributed by atoms with E-state index in [2.05, 4.69) is 41.8 Å². The summed E-state index contributed by atoms with van der Waals surface area (Å²) in [6.45, 7) is 5.93. The monoisotopic (exact) mass is 433 g/mol. The van der Waals surface area contributed by atoms with Crippen LogP contribution in [0.4, 0.5) is 0 Å². The predicted molar refractivity (Wildman–Crippen MR) is 104 cm³/mol. The minimum absolute atomic E-state index is 0.337. The van der Waals surface area contributed by atoms with Gasteiger partial charge in [-0.2, -0.15) is 0 Å². The molecule has 162 valence electrons. The van der Waals surface area contributed by atoms with Crippen molar-refractivity contribution in [3.8, 4) is 0 Å². The van der Waals surface area contributed by atoms with Crippen molar-refractivity contribution < 1.29 is 32.6 Å². The van der Waals surface area contributed by atoms with Gasteiger partial charge in [0.2, 0.25) is 0 Å². The maximum absolute atomic E-state index is 11.4. The zero-order chi connectivity index (χ0) is 21.2. The average Bonchev–Trinajstić information content (AvgIpc) is 3.04. The van der Waals surface area contributed by atoms with Gasteiger partial charge in [0.15, 0.2) is 0 Å². The zero-order valence-electron chi connectivity index (χ0n) is 16.9. The van der Waals surface area contributed by atoms with Gasteiger partial charge in [-0.05, 0) is 65.2 Å². The first-order valence-corrected chi connectivity index (χ1v) is 12.6. The molecule has 0 spiro atoms. The molecule has 1 rings (SSSR count). The van der Waals surface area contributed by atoms with Gasteiger partial charge in [-0.1, -0.05) is 47.8 Å². The molecular weight excluding hydrogens is 402 g/mol. The Morgan fingerprint density at radius 2 is 1.57 bits per heavy atom. The molecule has 0 aliphatic heterocycles. The van der Waals surface area contributed by atoms with Crippen molar-refractivity contribution in [3.05, 3.63) is 34.9 Å². The first-order chi connectivity index (χ1) is 13.0. The molecule has 9 heteroatoms. The van der Waals surface area contributed by atoms with Crippen LogP contribution >= 0.6 is 15.6 Å². The molecule has 28 heavy (non-hydrogen) atoms. The molecule has 1 unspecified atom stereocenters. The summed E-state index contributed by atoms with van der Waals surface area (Å²) >= 11 is 0. The lowest BCUT2D eigenvalue weighted by atomic mass is 9.92. The molecule has 0 N–H and O–H groups in total. The van der Waals surface area contributed by atoms with Gasteiger partial charge in [-0.25, -0.2) is 0 Å². The van der Waals surface area contributed by atoms with Crippen molar-refractivity contribution in [2.24, 2.45) is 5.92 Å². The van der Waals surface area contributed by atoms with Crippen molar-refractivity contribution in [2.75, 3.05) is 6.61 Å². The van der Waals surface area contributed by atoms with E-state index < -0.39 is 15.6 Å². The summed E-state index contributed by atoms with van der Waals surface area (Å²) in [5.74, 6) is 0.389. The summed E-state index contributed by atoms with van der Waals surface area (Å²) in [4.78, 5) is 32.3. The summed E-state index contributed by atoms with van der Waals surface area (Å²) in [6.07, 6.45) is 14.1. The smallest absolute Gasteiger partial charge is 0.272 e. The second-order valence-electron chi connectivity index (χ2n) is 7.44. The van der Waals surface area contributed by atoms with Crippen molar-refractivity contribution in [1.82, 2.24) is 0 Å². The van der Waals surface area contributed by atoms with Gasteiger partial charge < -0.3 is 23.8 Å². The first kappa shape index (κ1) is 25.5. The maximum atomic E-state index is 11.4. The lowest BCUT2D eigenvalue weighted by Crippen LogP contribution is -2.19. The second kappa shape index (κ2) is 12.2. The number of hydrogen-bond acceptors (Lipinski definition) is 7. The lowest BCUT2D eigenvalue weighted by Gasteiger charge is -2.34. The second-order valence-corrected chi connectivity index (χ2v) is 10.1. The lowest BCUT2D eigenvalue weighted by molar-refractivity contribution is -0.339. The fourth-order valence-electron chi connectivity index (χ4n) is 3.33. The maximum Gasteiger partial charge on any atom is 0.272 e. The third-order valence-electron chi connectivity index (χ3n) is 4.67. The highest BCUT2D eigenvalue weighted by Crippen LogP contribution is 2.50. The molecule has 1 aliphatic rings. The van der Waals surface area contributed by atoms with E-state index in [0.717, 1.165) is 56.9 Å². The Kier molecular flexibility index (Phi) is 11.2. The molecule has 0 aromatic carbocycles. The van der Waals surface area contributed by atoms with E-state index in [-0.39, 0.29) is 6.61 Å². The average molecular weight is 433 g/mol. The van der Waals surface area contributed by atoms with Crippen LogP contribution in [-0.2, 0) is 18.0 Å². The van der Waals surface area contributed by atoms with Crippen LogP contribution in [0.5, 0.6) is 0 Å². The molecule has 1 fully saturated rings. The number of hydrogen-bond donors (Lipinski definition) is 0. The molecule has 0 saturated heterocycles. The Hall–Kier alpha value is -0.520. The summed E-state index contributed by atoms with van der Waals surface area (Å²) in [7, 11) is -10.8. The first-order valence-electron chi connectivity index (χ1n) is 9.65. The van der Waals surface area contributed by atoms with Gasteiger partial charge >= 0.3 is 0 Å². The fraction of sp³-hybridized carbons (Fsp3) is 0.684. The highest BCUT2D eigenvalue weighted by atomic mass is 31.3. The SMILES string of the molecule is CC(C)=CCC/C(C)=C/CC/C(=C/COP(=O)([O-])OP(=O)([O-])[O-])C1CCCC1. The van der Waals surface area contributed by atoms with E-state index in [1.807, 2.05) is 0 Å². The van der Waals surface area contributed by atoms with Crippen LogP contribution in [0.25, 0.3) is 0 Å². The van der Waals surface area contributed by atoms with Gasteiger partial charge in [-0.15, -0.1) is 0 Å². The number of phosphoric acid groups is 2. The van der Waals surface area contributed by atoms with Crippen LogP contribution in [0, 0.1) is 5.92 Å². The Balaban J connectivity index is 2.61. The third-order valence-corrected chi connectivity index (χ3v) is 6.74. The molecule has 0 amide bonds. The Bertz CT molecular complexity index is 666. The molecule has 0 bridgehead atoms. The topological polar surface area (TPSA) is 122 Å². The van der Waals surface area contributed by atoms with Gasteiger partial charge in [-0.3, -0.25) is 8.88 Å². The molecule has 1 atom stereocenters. The van der Waals surface area contributed by atoms with Crippen LogP contribution in [0.1, 0.15) is 72.1 Å². The van der Waals surface area contributed by atoms with Crippen molar-refractivity contribution in [3.63, 3.8) is 0 Å². The molecule has 0 aromatic heterocycles. The van der Waals surface area contributed by atoms with Crippen molar-refractivity contribution in [2.45, 2.75) is 72.1 Å². The van der Waals surface area contributed by atoms with E-state index in [0.29, 0.717) is 5.92 Å². The number of rotatable bonds is 12. The Morgan fingerprint density at radius 3 is 2.14 bits per heavy atom. The van der Waals surface area contributed by atoms with Crippen molar-refractivity contribution in [1.29, 1.82) is 0 Å². The highest BCUT2D eigenvalue weighted by molar-refractivity contribution is 7.58. The van der Waals surface area contributed by atoms with Crippen LogP contribution in [0.2, 0.25) is 0 Å². The van der Waals surface area contributed by atoms with Crippen LogP contribution < -0.4 is 14.7 Å². The molecular formula is C19H31O7P2-3. The van der Waals surface area contributed by atoms with E-state index in [1.165, 1.54) is 11.1 Å². The Morgan fingerprint density at radius 1 is 0.964 bits per heavy atom. The molecule has 0 aromatic rings. The quantitative estimate of drug-likeness (QED) is 0.338. The number of phosphoric ester groups is 1. The van der Waals surface area contributed by atoms with Crippen LogP contribution in [-0.4, -0.2) is 6.61 Å². The van der Waals surface area contributed by atoms with Gasteiger partial charge in [0.25, 0.3) is 7.82 Å². The van der Waals surface area contributed by atoms with E-state index in [9.17, 15) is 23.8 Å². The molecule has 0 radical (unpaired) electrons. The summed E-state index contributed by atoms with van der Waals surface area (Å²) in [5, 5.41) is 0. The van der Waals surface area contributed by atoms with E-state index in [1.54, 1.807) is 6.08 Å². The largest absolute Gasteiger partial charge is 0.790 e. The molecule has 1 saturated carbocycles. The number of allylic oxidation sites excluding steroid dienone is 5. The zero-order valence-corrected chi connectivity index (χ0v) is 18.7.